The van der Waals surface area contributed by atoms with Crippen LogP contribution in [0.4, 0.5) is 25.0 Å². The molecule has 0 atom stereocenters. The number of carbonyl (C=O) groups is 1. The first kappa shape index (κ1) is 15.4. The lowest BCUT2D eigenvalue weighted by atomic mass is 10.3. The molecular formula is C12H12ClF2N3O3. The zero-order valence-electron chi connectivity index (χ0n) is 10.8. The van der Waals surface area contributed by atoms with Crippen molar-refractivity contribution in [1.82, 2.24) is 4.90 Å². The summed E-state index contributed by atoms with van der Waals surface area (Å²) in [6, 6.07) is 2.66. The molecule has 1 N–H and O–H groups in total. The van der Waals surface area contributed by atoms with Crippen LogP contribution in [0.2, 0.25) is 5.02 Å². The number of anilines is 1. The Morgan fingerprint density at radius 2 is 2.19 bits per heavy atom. The van der Waals surface area contributed by atoms with Crippen LogP contribution in [-0.4, -0.2) is 34.9 Å². The second-order valence-corrected chi connectivity index (χ2v) is 5.03. The largest absolute Gasteiger partial charge is 0.322 e. The van der Waals surface area contributed by atoms with Crippen molar-refractivity contribution in [2.24, 2.45) is 0 Å². The van der Waals surface area contributed by atoms with Crippen LogP contribution in [0.15, 0.2) is 18.2 Å². The van der Waals surface area contributed by atoms with Gasteiger partial charge in [-0.3, -0.25) is 10.1 Å². The molecule has 0 aromatic heterocycles. The highest BCUT2D eigenvalue weighted by Crippen LogP contribution is 2.30. The molecule has 1 aromatic rings. The molecule has 1 saturated carbocycles. The number of nitro benzene ring substituents is 1. The van der Waals surface area contributed by atoms with E-state index < -0.39 is 23.9 Å². The van der Waals surface area contributed by atoms with Gasteiger partial charge in [0.05, 0.1) is 22.2 Å². The molecule has 0 bridgehead atoms. The summed E-state index contributed by atoms with van der Waals surface area (Å²) in [6.07, 6.45) is -1.24. The molecule has 1 fully saturated rings. The van der Waals surface area contributed by atoms with Crippen molar-refractivity contribution >= 4 is 29.0 Å². The number of urea groups is 1. The van der Waals surface area contributed by atoms with Crippen molar-refractivity contribution < 1.29 is 18.5 Å². The summed E-state index contributed by atoms with van der Waals surface area (Å²) in [5.74, 6) is 0. The quantitative estimate of drug-likeness (QED) is 0.666. The van der Waals surface area contributed by atoms with Gasteiger partial charge in [-0.2, -0.15) is 0 Å². The second-order valence-electron chi connectivity index (χ2n) is 4.63. The number of nitrogens with one attached hydrogen (secondary N) is 1. The number of nitrogens with zero attached hydrogens (tertiary/aromatic N) is 2. The van der Waals surface area contributed by atoms with Crippen molar-refractivity contribution in [3.8, 4) is 0 Å². The Hall–Kier alpha value is -1.96. The van der Waals surface area contributed by atoms with Crippen molar-refractivity contribution in [2.45, 2.75) is 25.3 Å². The fraction of sp³-hybridized carbons (Fsp3) is 0.417. The Bertz CT molecular complexity index is 567. The Balaban J connectivity index is 2.09. The predicted molar refractivity (Wildman–Crippen MR) is 72.9 cm³/mol. The zero-order valence-corrected chi connectivity index (χ0v) is 11.5. The monoisotopic (exact) mass is 319 g/mol. The number of amides is 2. The van der Waals surface area contributed by atoms with E-state index in [1.54, 1.807) is 0 Å². The van der Waals surface area contributed by atoms with E-state index in [4.69, 9.17) is 11.6 Å². The molecular weight excluding hydrogens is 308 g/mol. The van der Waals surface area contributed by atoms with Crippen molar-refractivity contribution in [3.63, 3.8) is 0 Å². The maximum Gasteiger partial charge on any atom is 0.322 e. The minimum Gasteiger partial charge on any atom is -0.316 e. The van der Waals surface area contributed by atoms with Crippen LogP contribution < -0.4 is 5.32 Å². The van der Waals surface area contributed by atoms with Crippen LogP contribution in [0.5, 0.6) is 0 Å². The van der Waals surface area contributed by atoms with Crippen LogP contribution in [0.1, 0.15) is 12.8 Å². The van der Waals surface area contributed by atoms with Crippen molar-refractivity contribution in [3.05, 3.63) is 33.3 Å². The lowest BCUT2D eigenvalue weighted by Crippen LogP contribution is -2.40. The number of halogens is 3. The van der Waals surface area contributed by atoms with Gasteiger partial charge in [-0.1, -0.05) is 11.6 Å². The van der Waals surface area contributed by atoms with Gasteiger partial charge >= 0.3 is 6.03 Å². The normalized spacial score (nSPS) is 14.1. The van der Waals surface area contributed by atoms with Gasteiger partial charge in [-0.15, -0.1) is 0 Å². The number of alkyl halides is 2. The zero-order chi connectivity index (χ0) is 15.6. The van der Waals surface area contributed by atoms with Crippen molar-refractivity contribution in [2.75, 3.05) is 11.9 Å². The number of nitro groups is 1. The molecule has 1 aromatic carbocycles. The van der Waals surface area contributed by atoms with Gasteiger partial charge in [-0.05, 0) is 18.9 Å². The molecule has 2 rings (SSSR count). The van der Waals surface area contributed by atoms with Crippen LogP contribution in [-0.2, 0) is 0 Å². The Morgan fingerprint density at radius 3 is 2.67 bits per heavy atom. The fourth-order valence-electron chi connectivity index (χ4n) is 1.84. The van der Waals surface area contributed by atoms with Crippen LogP contribution >= 0.6 is 11.6 Å². The number of carbonyl (C=O) groups excluding carboxylic acids is 1. The molecule has 1 aliphatic rings. The van der Waals surface area contributed by atoms with Crippen LogP contribution in [0.3, 0.4) is 0 Å². The summed E-state index contributed by atoms with van der Waals surface area (Å²) in [5, 5.41) is 13.0. The summed E-state index contributed by atoms with van der Waals surface area (Å²) in [5.41, 5.74) is -0.0724. The predicted octanol–water partition coefficient (Wildman–Crippen LogP) is 3.51. The number of benzene rings is 1. The Kier molecular flexibility index (Phi) is 4.56. The topological polar surface area (TPSA) is 75.5 Å². The summed E-state index contributed by atoms with van der Waals surface area (Å²) < 4.78 is 24.9. The molecule has 114 valence electrons. The fourth-order valence-corrected chi connectivity index (χ4v) is 2.06. The lowest BCUT2D eigenvalue weighted by Gasteiger charge is -2.22. The molecule has 0 saturated heterocycles. The smallest absolute Gasteiger partial charge is 0.316 e. The average molecular weight is 320 g/mol. The van der Waals surface area contributed by atoms with E-state index in [0.717, 1.165) is 11.0 Å². The van der Waals surface area contributed by atoms with E-state index in [9.17, 15) is 23.7 Å². The molecule has 21 heavy (non-hydrogen) atoms. The molecule has 2 amide bonds. The van der Waals surface area contributed by atoms with Gasteiger partial charge < -0.3 is 10.2 Å². The van der Waals surface area contributed by atoms with Crippen LogP contribution in [0, 0.1) is 10.1 Å². The third-order valence-electron chi connectivity index (χ3n) is 2.99. The minimum absolute atomic E-state index is 0.0228. The van der Waals surface area contributed by atoms with Gasteiger partial charge in [0.25, 0.3) is 12.1 Å². The minimum atomic E-state index is -2.62. The first-order chi connectivity index (χ1) is 9.88. The molecule has 0 spiro atoms. The summed E-state index contributed by atoms with van der Waals surface area (Å²) in [6.45, 7) is -0.652. The summed E-state index contributed by atoms with van der Waals surface area (Å²) in [7, 11) is 0. The van der Waals surface area contributed by atoms with Gasteiger partial charge in [0, 0.05) is 18.2 Å². The number of non-ortho nitro benzene ring substituents is 1. The van der Waals surface area contributed by atoms with E-state index in [2.05, 4.69) is 5.32 Å². The average Bonchev–Trinajstić information content (AvgIpc) is 3.22. The second kappa shape index (κ2) is 6.21. The van der Waals surface area contributed by atoms with E-state index in [-0.39, 0.29) is 22.4 Å². The van der Waals surface area contributed by atoms with E-state index in [0.29, 0.717) is 12.8 Å². The molecule has 0 heterocycles. The molecule has 0 radical (unpaired) electrons. The highest BCUT2D eigenvalue weighted by atomic mass is 35.5. The Labute approximate surface area is 123 Å². The van der Waals surface area contributed by atoms with E-state index in [1.165, 1.54) is 12.1 Å². The molecule has 9 heteroatoms. The maximum absolute atomic E-state index is 12.5. The molecule has 0 unspecified atom stereocenters. The molecule has 1 aliphatic carbocycles. The summed E-state index contributed by atoms with van der Waals surface area (Å²) >= 11 is 5.84. The molecule has 6 nitrogen and oxygen atoms in total. The van der Waals surface area contributed by atoms with E-state index in [1.807, 2.05) is 0 Å². The number of hydrogen-bond donors (Lipinski definition) is 1. The van der Waals surface area contributed by atoms with Crippen LogP contribution in [0.25, 0.3) is 0 Å². The van der Waals surface area contributed by atoms with E-state index >= 15 is 0 Å². The van der Waals surface area contributed by atoms with Gasteiger partial charge in [0.15, 0.2) is 0 Å². The first-order valence-electron chi connectivity index (χ1n) is 6.18. The summed E-state index contributed by atoms with van der Waals surface area (Å²) in [4.78, 5) is 23.0. The van der Waals surface area contributed by atoms with Gasteiger partial charge in [0.1, 0.15) is 0 Å². The SMILES string of the molecule is O=C(Nc1ccc([N+](=O)[O-])cc1Cl)N(CC(F)F)C1CC1. The highest BCUT2D eigenvalue weighted by Gasteiger charge is 2.34. The number of hydrogen-bond acceptors (Lipinski definition) is 3. The first-order valence-corrected chi connectivity index (χ1v) is 6.56. The third kappa shape index (κ3) is 4.01. The standard InChI is InChI=1S/C12H12ClF2N3O3/c13-9-5-8(18(20)21)3-4-10(9)16-12(19)17(6-11(14)15)7-1-2-7/h3-5,7,11H,1-2,6H2,(H,16,19). The Morgan fingerprint density at radius 1 is 1.52 bits per heavy atom. The third-order valence-corrected chi connectivity index (χ3v) is 3.30. The van der Waals surface area contributed by atoms with Gasteiger partial charge in [-0.25, -0.2) is 13.6 Å². The lowest BCUT2D eigenvalue weighted by molar-refractivity contribution is -0.384. The van der Waals surface area contributed by atoms with Crippen molar-refractivity contribution in [1.29, 1.82) is 0 Å². The number of rotatable bonds is 5. The highest BCUT2D eigenvalue weighted by molar-refractivity contribution is 6.33. The maximum atomic E-state index is 12.5. The molecule has 0 aliphatic heterocycles. The van der Waals surface area contributed by atoms with Gasteiger partial charge in [0.2, 0.25) is 0 Å².